The van der Waals surface area contributed by atoms with Crippen LogP contribution in [0.3, 0.4) is 0 Å². The average Bonchev–Trinajstić information content (AvgIpc) is 2.25. The molecule has 1 rings (SSSR count). The quantitative estimate of drug-likeness (QED) is 0.864. The van der Waals surface area contributed by atoms with Crippen molar-refractivity contribution in [3.63, 3.8) is 0 Å². The summed E-state index contributed by atoms with van der Waals surface area (Å²) in [6.07, 6.45) is 3.31. The second-order valence-electron chi connectivity index (χ2n) is 3.38. The first-order valence-corrected chi connectivity index (χ1v) is 5.32. The molecule has 0 saturated carbocycles. The molecule has 4 nitrogen and oxygen atoms in total. The van der Waals surface area contributed by atoms with Crippen LogP contribution >= 0.6 is 11.6 Å². The zero-order valence-electron chi connectivity index (χ0n) is 9.24. The molecule has 0 saturated heterocycles. The van der Waals surface area contributed by atoms with Crippen LogP contribution in [0, 0.1) is 0 Å². The Balaban J connectivity index is 2.83. The van der Waals surface area contributed by atoms with Gasteiger partial charge in [0.1, 0.15) is 0 Å². The molecule has 1 aromatic rings. The molecule has 0 bridgehead atoms. The zero-order valence-corrected chi connectivity index (χ0v) is 9.99. The molecular weight excluding hydrogens is 242 g/mol. The van der Waals surface area contributed by atoms with Crippen LogP contribution in [0.15, 0.2) is 24.3 Å². The molecular formula is C12H12ClNO3. The lowest BCUT2D eigenvalue weighted by molar-refractivity contribution is -0.118. The van der Waals surface area contributed by atoms with E-state index in [1.54, 1.807) is 24.3 Å². The number of hydrogen-bond donors (Lipinski definition) is 2. The summed E-state index contributed by atoms with van der Waals surface area (Å²) in [6, 6.07) is 4.63. The molecule has 0 aliphatic rings. The van der Waals surface area contributed by atoms with Gasteiger partial charge >= 0.3 is 5.97 Å². The molecule has 0 aliphatic heterocycles. The van der Waals surface area contributed by atoms with E-state index >= 15 is 0 Å². The third-order valence-corrected chi connectivity index (χ3v) is 2.25. The standard InChI is InChI=1S/C12H12ClNO3/c1-8(15)14-6-2-3-9-4-5-10(13)7-11(9)12(16)17/h2-5,7H,6H2,1H3,(H,14,15)(H,16,17). The number of amides is 1. The molecule has 0 aliphatic carbocycles. The largest absolute Gasteiger partial charge is 0.478 e. The summed E-state index contributed by atoms with van der Waals surface area (Å²) in [7, 11) is 0. The normalized spacial score (nSPS) is 10.5. The van der Waals surface area contributed by atoms with Gasteiger partial charge in [0.15, 0.2) is 0 Å². The molecule has 90 valence electrons. The lowest BCUT2D eigenvalue weighted by atomic mass is 10.1. The minimum atomic E-state index is -1.04. The predicted octanol–water partition coefficient (Wildman–Crippen LogP) is 2.19. The fraction of sp³-hybridized carbons (Fsp3) is 0.167. The SMILES string of the molecule is CC(=O)NCC=Cc1ccc(Cl)cc1C(=O)O. The number of aromatic carboxylic acids is 1. The maximum absolute atomic E-state index is 11.0. The third-order valence-electron chi connectivity index (χ3n) is 2.01. The summed E-state index contributed by atoms with van der Waals surface area (Å²) in [5.41, 5.74) is 0.684. The van der Waals surface area contributed by atoms with Gasteiger partial charge in [-0.2, -0.15) is 0 Å². The molecule has 5 heteroatoms. The number of nitrogens with one attached hydrogen (secondary N) is 1. The smallest absolute Gasteiger partial charge is 0.336 e. The first-order chi connectivity index (χ1) is 8.00. The summed E-state index contributed by atoms with van der Waals surface area (Å²) in [5.74, 6) is -1.17. The monoisotopic (exact) mass is 253 g/mol. The number of hydrogen-bond acceptors (Lipinski definition) is 2. The van der Waals surface area contributed by atoms with E-state index < -0.39 is 5.97 Å². The summed E-state index contributed by atoms with van der Waals surface area (Å²) in [6.45, 7) is 1.77. The molecule has 1 amide bonds. The van der Waals surface area contributed by atoms with Crippen LogP contribution in [-0.4, -0.2) is 23.5 Å². The van der Waals surface area contributed by atoms with Crippen LogP contribution in [0.25, 0.3) is 6.08 Å². The molecule has 17 heavy (non-hydrogen) atoms. The number of carbonyl (C=O) groups excluding carboxylic acids is 1. The number of halogens is 1. The van der Waals surface area contributed by atoms with Crippen LogP contribution in [0.1, 0.15) is 22.8 Å². The molecule has 2 N–H and O–H groups in total. The van der Waals surface area contributed by atoms with Gasteiger partial charge in [-0.1, -0.05) is 29.8 Å². The Bertz CT molecular complexity index is 469. The van der Waals surface area contributed by atoms with Crippen LogP contribution in [0.5, 0.6) is 0 Å². The van der Waals surface area contributed by atoms with Gasteiger partial charge in [0, 0.05) is 18.5 Å². The molecule has 0 atom stereocenters. The van der Waals surface area contributed by atoms with Crippen molar-refractivity contribution >= 4 is 29.6 Å². The minimum Gasteiger partial charge on any atom is -0.478 e. The fourth-order valence-corrected chi connectivity index (χ4v) is 1.42. The number of carboxylic acids is 1. The molecule has 0 aromatic heterocycles. The van der Waals surface area contributed by atoms with E-state index in [9.17, 15) is 9.59 Å². The minimum absolute atomic E-state index is 0.135. The van der Waals surface area contributed by atoms with Crippen molar-refractivity contribution in [3.8, 4) is 0 Å². The highest BCUT2D eigenvalue weighted by Crippen LogP contribution is 2.17. The van der Waals surface area contributed by atoms with Gasteiger partial charge < -0.3 is 10.4 Å². The zero-order chi connectivity index (χ0) is 12.8. The topological polar surface area (TPSA) is 66.4 Å². The molecule has 0 radical (unpaired) electrons. The van der Waals surface area contributed by atoms with E-state index in [1.807, 2.05) is 0 Å². The maximum atomic E-state index is 11.0. The van der Waals surface area contributed by atoms with Crippen molar-refractivity contribution < 1.29 is 14.7 Å². The highest BCUT2D eigenvalue weighted by molar-refractivity contribution is 6.31. The molecule has 1 aromatic carbocycles. The van der Waals surface area contributed by atoms with Gasteiger partial charge in [-0.3, -0.25) is 4.79 Å². The summed E-state index contributed by atoms with van der Waals surface area (Å²) >= 11 is 5.72. The van der Waals surface area contributed by atoms with Gasteiger partial charge in [0.25, 0.3) is 0 Å². The van der Waals surface area contributed by atoms with Gasteiger partial charge in [0.2, 0.25) is 5.91 Å². The predicted molar refractivity (Wildman–Crippen MR) is 66.1 cm³/mol. The van der Waals surface area contributed by atoms with Crippen LogP contribution in [0.4, 0.5) is 0 Å². The Hall–Kier alpha value is -1.81. The van der Waals surface area contributed by atoms with Gasteiger partial charge in [-0.05, 0) is 17.7 Å². The molecule has 0 unspecified atom stereocenters. The van der Waals surface area contributed by atoms with Crippen LogP contribution < -0.4 is 5.32 Å². The summed E-state index contributed by atoms with van der Waals surface area (Å²) < 4.78 is 0. The Kier molecular flexibility index (Phi) is 4.72. The lowest BCUT2D eigenvalue weighted by Gasteiger charge is -2.02. The van der Waals surface area contributed by atoms with E-state index in [4.69, 9.17) is 16.7 Å². The third kappa shape index (κ3) is 4.28. The van der Waals surface area contributed by atoms with Crippen molar-refractivity contribution in [2.45, 2.75) is 6.92 Å². The van der Waals surface area contributed by atoms with Gasteiger partial charge in [-0.15, -0.1) is 0 Å². The van der Waals surface area contributed by atoms with Crippen molar-refractivity contribution in [2.24, 2.45) is 0 Å². The first-order valence-electron chi connectivity index (χ1n) is 4.94. The van der Waals surface area contributed by atoms with Gasteiger partial charge in [-0.25, -0.2) is 4.79 Å². The van der Waals surface area contributed by atoms with Gasteiger partial charge in [0.05, 0.1) is 5.56 Å². The van der Waals surface area contributed by atoms with E-state index in [-0.39, 0.29) is 11.5 Å². The van der Waals surface area contributed by atoms with E-state index in [2.05, 4.69) is 5.32 Å². The van der Waals surface area contributed by atoms with E-state index in [0.717, 1.165) is 0 Å². The Labute approximate surface area is 104 Å². The average molecular weight is 254 g/mol. The van der Waals surface area contributed by atoms with E-state index in [0.29, 0.717) is 17.1 Å². The van der Waals surface area contributed by atoms with Crippen molar-refractivity contribution in [3.05, 3.63) is 40.4 Å². The highest BCUT2D eigenvalue weighted by Gasteiger charge is 2.07. The van der Waals surface area contributed by atoms with Crippen LogP contribution in [0.2, 0.25) is 5.02 Å². The van der Waals surface area contributed by atoms with Crippen molar-refractivity contribution in [1.82, 2.24) is 5.32 Å². The van der Waals surface area contributed by atoms with Crippen molar-refractivity contribution in [1.29, 1.82) is 0 Å². The lowest BCUT2D eigenvalue weighted by Crippen LogP contribution is -2.19. The Morgan fingerprint density at radius 3 is 2.76 bits per heavy atom. The summed E-state index contributed by atoms with van der Waals surface area (Å²) in [4.78, 5) is 21.6. The molecule has 0 heterocycles. The fourth-order valence-electron chi connectivity index (χ4n) is 1.25. The highest BCUT2D eigenvalue weighted by atomic mass is 35.5. The number of carboxylic acid groups (broad SMARTS) is 1. The second-order valence-corrected chi connectivity index (χ2v) is 3.81. The molecule has 0 fully saturated rings. The van der Waals surface area contributed by atoms with E-state index in [1.165, 1.54) is 13.0 Å². The number of rotatable bonds is 4. The number of benzene rings is 1. The second kappa shape index (κ2) is 6.06. The molecule has 0 spiro atoms. The maximum Gasteiger partial charge on any atom is 0.336 e. The Morgan fingerprint density at radius 1 is 1.47 bits per heavy atom. The van der Waals surface area contributed by atoms with Crippen molar-refractivity contribution in [2.75, 3.05) is 6.54 Å². The Morgan fingerprint density at radius 2 is 2.18 bits per heavy atom. The first kappa shape index (κ1) is 13.3. The number of carbonyl (C=O) groups is 2. The summed E-state index contributed by atoms with van der Waals surface area (Å²) in [5, 5.41) is 11.9. The van der Waals surface area contributed by atoms with Crippen LogP contribution in [-0.2, 0) is 4.79 Å².